The summed E-state index contributed by atoms with van der Waals surface area (Å²) < 4.78 is 0. The van der Waals surface area contributed by atoms with Crippen molar-refractivity contribution in [3.05, 3.63) is 38.9 Å². The molecule has 1 unspecified atom stereocenters. The lowest BCUT2D eigenvalue weighted by Crippen LogP contribution is -2.34. The van der Waals surface area contributed by atoms with Gasteiger partial charge < -0.3 is 4.90 Å². The van der Waals surface area contributed by atoms with E-state index in [1.807, 2.05) is 20.8 Å². The van der Waals surface area contributed by atoms with Gasteiger partial charge in [-0.05, 0) is 25.0 Å². The number of rotatable bonds is 6. The molecule has 0 aliphatic rings. The minimum absolute atomic E-state index is 0.0135. The van der Waals surface area contributed by atoms with Crippen LogP contribution < -0.4 is 0 Å². The van der Waals surface area contributed by atoms with E-state index in [9.17, 15) is 14.9 Å². The predicted octanol–water partition coefficient (Wildman–Crippen LogP) is 3.76. The van der Waals surface area contributed by atoms with Crippen molar-refractivity contribution < 1.29 is 9.72 Å². The fraction of sp³-hybridized carbons (Fsp3) is 0.500. The molecule has 5 nitrogen and oxygen atoms in total. The first kappa shape index (κ1) is 16.4. The van der Waals surface area contributed by atoms with Crippen LogP contribution in [0.4, 0.5) is 5.69 Å². The van der Waals surface area contributed by atoms with Crippen LogP contribution in [0.3, 0.4) is 0 Å². The van der Waals surface area contributed by atoms with Crippen LogP contribution >= 0.6 is 11.6 Å². The maximum absolute atomic E-state index is 12.5. The normalized spacial score (nSPS) is 12.0. The average molecular weight is 299 g/mol. The fourth-order valence-electron chi connectivity index (χ4n) is 1.90. The van der Waals surface area contributed by atoms with Crippen molar-refractivity contribution >= 4 is 23.2 Å². The van der Waals surface area contributed by atoms with Crippen LogP contribution in [0.5, 0.6) is 0 Å². The van der Waals surface area contributed by atoms with E-state index >= 15 is 0 Å². The van der Waals surface area contributed by atoms with Gasteiger partial charge in [-0.3, -0.25) is 14.9 Å². The Morgan fingerprint density at radius 2 is 2.10 bits per heavy atom. The second-order valence-electron chi connectivity index (χ2n) is 4.75. The van der Waals surface area contributed by atoms with E-state index < -0.39 is 4.92 Å². The van der Waals surface area contributed by atoms with Crippen molar-refractivity contribution in [3.63, 3.8) is 0 Å². The lowest BCUT2D eigenvalue weighted by atomic mass is 10.1. The Balaban J connectivity index is 3.13. The summed E-state index contributed by atoms with van der Waals surface area (Å²) in [6.07, 6.45) is 0.946. The van der Waals surface area contributed by atoms with Crippen LogP contribution in [0.2, 0.25) is 5.02 Å². The van der Waals surface area contributed by atoms with Crippen LogP contribution in [0, 0.1) is 16.0 Å². The second kappa shape index (κ2) is 7.24. The van der Waals surface area contributed by atoms with E-state index in [4.69, 9.17) is 11.6 Å². The number of nitro groups is 1. The van der Waals surface area contributed by atoms with Crippen LogP contribution in [0.15, 0.2) is 18.2 Å². The highest BCUT2D eigenvalue weighted by molar-refractivity contribution is 6.33. The summed E-state index contributed by atoms with van der Waals surface area (Å²) in [4.78, 5) is 24.6. The van der Waals surface area contributed by atoms with Gasteiger partial charge in [0.1, 0.15) is 10.6 Å². The zero-order chi connectivity index (χ0) is 15.3. The van der Waals surface area contributed by atoms with Crippen molar-refractivity contribution in [3.8, 4) is 0 Å². The van der Waals surface area contributed by atoms with Gasteiger partial charge in [-0.15, -0.1) is 0 Å². The Morgan fingerprint density at radius 3 is 2.60 bits per heavy atom. The average Bonchev–Trinajstić information content (AvgIpc) is 2.42. The molecule has 0 aliphatic heterocycles. The molecule has 110 valence electrons. The topological polar surface area (TPSA) is 63.5 Å². The molecule has 0 heterocycles. The molecule has 0 spiro atoms. The Morgan fingerprint density at radius 1 is 1.45 bits per heavy atom. The number of hydrogen-bond donors (Lipinski definition) is 0. The Kier molecular flexibility index (Phi) is 5.95. The molecule has 1 amide bonds. The molecule has 0 saturated heterocycles. The first-order valence-electron chi connectivity index (χ1n) is 6.64. The molecule has 1 aromatic rings. The number of carbonyl (C=O) groups excluding carboxylic acids is 1. The minimum Gasteiger partial charge on any atom is -0.338 e. The number of amides is 1. The monoisotopic (exact) mass is 298 g/mol. The van der Waals surface area contributed by atoms with Gasteiger partial charge in [0.05, 0.1) is 4.92 Å². The number of benzene rings is 1. The van der Waals surface area contributed by atoms with E-state index in [0.29, 0.717) is 19.0 Å². The quantitative estimate of drug-likeness (QED) is 0.593. The highest BCUT2D eigenvalue weighted by Gasteiger charge is 2.27. The van der Waals surface area contributed by atoms with Gasteiger partial charge >= 0.3 is 5.69 Å². The molecule has 0 N–H and O–H groups in total. The molecule has 0 aromatic heterocycles. The van der Waals surface area contributed by atoms with Gasteiger partial charge in [-0.25, -0.2) is 0 Å². The van der Waals surface area contributed by atoms with Gasteiger partial charge in [0.2, 0.25) is 0 Å². The molecular formula is C14H19ClN2O3. The minimum atomic E-state index is -0.605. The molecule has 1 rings (SSSR count). The van der Waals surface area contributed by atoms with E-state index in [1.165, 1.54) is 12.1 Å². The first-order valence-corrected chi connectivity index (χ1v) is 7.02. The third-order valence-corrected chi connectivity index (χ3v) is 3.60. The lowest BCUT2D eigenvalue weighted by Gasteiger charge is -2.24. The van der Waals surface area contributed by atoms with Gasteiger partial charge in [0, 0.05) is 13.1 Å². The molecule has 0 radical (unpaired) electrons. The summed E-state index contributed by atoms with van der Waals surface area (Å²) in [5.74, 6) is -0.000796. The van der Waals surface area contributed by atoms with Crippen molar-refractivity contribution in [1.82, 2.24) is 4.90 Å². The molecule has 0 bridgehead atoms. The van der Waals surface area contributed by atoms with Gasteiger partial charge in [0.15, 0.2) is 0 Å². The standard InChI is InChI=1S/C14H19ClN2O3/c1-4-10(3)9-16(5-2)14(18)11-7-6-8-12(15)13(11)17(19)20/h6-8,10H,4-5,9H2,1-3H3. The molecule has 6 heteroatoms. The van der Waals surface area contributed by atoms with Crippen LogP contribution in [0.25, 0.3) is 0 Å². The summed E-state index contributed by atoms with van der Waals surface area (Å²) in [5, 5.41) is 11.1. The smallest absolute Gasteiger partial charge is 0.300 e. The predicted molar refractivity (Wildman–Crippen MR) is 79.1 cm³/mol. The maximum Gasteiger partial charge on any atom is 0.300 e. The van der Waals surface area contributed by atoms with E-state index in [2.05, 4.69) is 0 Å². The number of nitrogens with zero attached hydrogens (tertiary/aromatic N) is 2. The molecule has 1 aromatic carbocycles. The molecular weight excluding hydrogens is 280 g/mol. The summed E-state index contributed by atoms with van der Waals surface area (Å²) >= 11 is 5.84. The highest BCUT2D eigenvalue weighted by Crippen LogP contribution is 2.29. The van der Waals surface area contributed by atoms with E-state index in [-0.39, 0.29) is 22.2 Å². The SMILES string of the molecule is CCC(C)CN(CC)C(=O)c1cccc(Cl)c1[N+](=O)[O-]. The number of carbonyl (C=O) groups is 1. The zero-order valence-corrected chi connectivity index (χ0v) is 12.7. The van der Waals surface area contributed by atoms with Crippen LogP contribution in [-0.2, 0) is 0 Å². The van der Waals surface area contributed by atoms with Gasteiger partial charge in [-0.2, -0.15) is 0 Å². The zero-order valence-electron chi connectivity index (χ0n) is 11.9. The first-order chi connectivity index (χ1) is 9.42. The maximum atomic E-state index is 12.5. The molecule has 0 saturated carbocycles. The third kappa shape index (κ3) is 3.70. The lowest BCUT2D eigenvalue weighted by molar-refractivity contribution is -0.385. The summed E-state index contributed by atoms with van der Waals surface area (Å²) in [6.45, 7) is 7.03. The van der Waals surface area contributed by atoms with Crippen LogP contribution in [-0.4, -0.2) is 28.8 Å². The van der Waals surface area contributed by atoms with Crippen molar-refractivity contribution in [2.45, 2.75) is 27.2 Å². The largest absolute Gasteiger partial charge is 0.338 e. The number of hydrogen-bond acceptors (Lipinski definition) is 3. The van der Waals surface area contributed by atoms with Crippen molar-refractivity contribution in [1.29, 1.82) is 0 Å². The molecule has 1 atom stereocenters. The number of halogens is 1. The molecule has 20 heavy (non-hydrogen) atoms. The van der Waals surface area contributed by atoms with E-state index in [0.717, 1.165) is 6.42 Å². The van der Waals surface area contributed by atoms with Crippen molar-refractivity contribution in [2.75, 3.05) is 13.1 Å². The Bertz CT molecular complexity index is 505. The third-order valence-electron chi connectivity index (χ3n) is 3.30. The molecule has 0 aliphatic carbocycles. The second-order valence-corrected chi connectivity index (χ2v) is 5.16. The van der Waals surface area contributed by atoms with Gasteiger partial charge in [-0.1, -0.05) is 37.9 Å². The summed E-state index contributed by atoms with van der Waals surface area (Å²) in [7, 11) is 0. The van der Waals surface area contributed by atoms with Crippen LogP contribution in [0.1, 0.15) is 37.6 Å². The summed E-state index contributed by atoms with van der Waals surface area (Å²) in [5.41, 5.74) is -0.269. The Hall–Kier alpha value is -1.62. The van der Waals surface area contributed by atoms with Crippen molar-refractivity contribution in [2.24, 2.45) is 5.92 Å². The fourth-order valence-corrected chi connectivity index (χ4v) is 2.15. The number of nitro benzene ring substituents is 1. The summed E-state index contributed by atoms with van der Waals surface area (Å²) in [6, 6.07) is 4.42. The Labute approximate surface area is 123 Å². The van der Waals surface area contributed by atoms with Gasteiger partial charge in [0.25, 0.3) is 5.91 Å². The number of para-hydroxylation sites is 1. The highest BCUT2D eigenvalue weighted by atomic mass is 35.5. The van der Waals surface area contributed by atoms with E-state index in [1.54, 1.807) is 11.0 Å². The molecule has 0 fully saturated rings.